The third kappa shape index (κ3) is 2.09. The number of hydrogen-bond acceptors (Lipinski definition) is 1. The van der Waals surface area contributed by atoms with Gasteiger partial charge in [-0.3, -0.25) is 0 Å². The van der Waals surface area contributed by atoms with Crippen LogP contribution in [0.4, 0.5) is 0 Å². The lowest BCUT2D eigenvalue weighted by Crippen LogP contribution is -2.24. The summed E-state index contributed by atoms with van der Waals surface area (Å²) in [5, 5.41) is 0. The lowest BCUT2D eigenvalue weighted by molar-refractivity contribution is -0.463. The third-order valence-corrected chi connectivity index (χ3v) is 4.70. The number of fused-ring (bicyclic) bond motifs is 2. The molecule has 0 saturated heterocycles. The summed E-state index contributed by atoms with van der Waals surface area (Å²) in [7, 11) is 4.28. The van der Waals surface area contributed by atoms with E-state index in [1.54, 1.807) is 5.57 Å². The average molecular weight is 280 g/mol. The van der Waals surface area contributed by atoms with Crippen LogP contribution in [-0.4, -0.2) is 36.6 Å². The van der Waals surface area contributed by atoms with Crippen LogP contribution in [0.1, 0.15) is 24.0 Å². The molecule has 0 N–H and O–H groups in total. The third-order valence-electron chi connectivity index (χ3n) is 4.70. The van der Waals surface area contributed by atoms with Crippen molar-refractivity contribution in [3.05, 3.63) is 58.7 Å². The molecule has 0 unspecified atom stereocenters. The Balaban J connectivity index is 1.85. The minimum absolute atomic E-state index is 0.157. The van der Waals surface area contributed by atoms with Gasteiger partial charge in [-0.15, -0.1) is 0 Å². The van der Waals surface area contributed by atoms with Gasteiger partial charge in [-0.2, -0.15) is 0 Å². The van der Waals surface area contributed by atoms with Crippen LogP contribution in [0.3, 0.4) is 0 Å². The Morgan fingerprint density at radius 3 is 2.33 bits per heavy atom. The van der Waals surface area contributed by atoms with Crippen LogP contribution in [0.15, 0.2) is 47.6 Å². The van der Waals surface area contributed by atoms with Gasteiger partial charge in [-0.25, -0.2) is 4.58 Å². The van der Waals surface area contributed by atoms with E-state index in [0.29, 0.717) is 0 Å². The first-order valence-electron chi connectivity index (χ1n) is 7.84. The van der Waals surface area contributed by atoms with Gasteiger partial charge in [0.15, 0.2) is 0 Å². The lowest BCUT2D eigenvalue weighted by Gasteiger charge is -2.14. The highest BCUT2D eigenvalue weighted by atomic mass is 16.5. The van der Waals surface area contributed by atoms with Crippen molar-refractivity contribution in [1.82, 2.24) is 0 Å². The van der Waals surface area contributed by atoms with E-state index in [9.17, 15) is 0 Å². The minimum atomic E-state index is 0.157. The van der Waals surface area contributed by atoms with Gasteiger partial charge < -0.3 is 4.74 Å². The fraction of sp³-hybridized carbons (Fsp3) is 0.421. The maximum absolute atomic E-state index is 6.14. The number of nitrogens with zero attached hydrogens (tertiary/aromatic N) is 1. The van der Waals surface area contributed by atoms with E-state index >= 15 is 0 Å². The SMILES string of the molecule is Cc1ccc(C(C2=C(C3CC3)[C@H]3C=C[C@@H]2O3)=[N+](C)C)cc1. The van der Waals surface area contributed by atoms with Gasteiger partial charge in [0.1, 0.15) is 20.2 Å². The van der Waals surface area contributed by atoms with Crippen LogP contribution >= 0.6 is 0 Å². The molecule has 0 aromatic heterocycles. The van der Waals surface area contributed by atoms with Gasteiger partial charge in [0.2, 0.25) is 5.71 Å². The summed E-state index contributed by atoms with van der Waals surface area (Å²) in [5.74, 6) is 0.750. The van der Waals surface area contributed by atoms with Crippen molar-refractivity contribution >= 4 is 5.71 Å². The van der Waals surface area contributed by atoms with E-state index in [1.807, 2.05) is 0 Å². The molecule has 2 atom stereocenters. The quantitative estimate of drug-likeness (QED) is 0.471. The largest absolute Gasteiger partial charge is 0.357 e. The van der Waals surface area contributed by atoms with Crippen LogP contribution in [0, 0.1) is 12.8 Å². The van der Waals surface area contributed by atoms with Crippen molar-refractivity contribution in [2.75, 3.05) is 14.1 Å². The molecule has 0 spiro atoms. The van der Waals surface area contributed by atoms with Crippen molar-refractivity contribution in [2.45, 2.75) is 32.0 Å². The van der Waals surface area contributed by atoms with Crippen molar-refractivity contribution in [2.24, 2.45) is 5.92 Å². The summed E-state index contributed by atoms with van der Waals surface area (Å²) >= 11 is 0. The zero-order chi connectivity index (χ0) is 14.6. The molecular formula is C19H22NO+. The summed E-state index contributed by atoms with van der Waals surface area (Å²) in [4.78, 5) is 0. The molecule has 0 amide bonds. The van der Waals surface area contributed by atoms with Gasteiger partial charge in [0, 0.05) is 5.56 Å². The second-order valence-corrected chi connectivity index (χ2v) is 6.61. The van der Waals surface area contributed by atoms with Crippen molar-refractivity contribution in [3.8, 4) is 0 Å². The number of hydrogen-bond donors (Lipinski definition) is 0. The molecule has 2 nitrogen and oxygen atoms in total. The van der Waals surface area contributed by atoms with Crippen LogP contribution < -0.4 is 0 Å². The molecule has 1 fully saturated rings. The van der Waals surface area contributed by atoms with Crippen molar-refractivity contribution in [1.29, 1.82) is 0 Å². The Bertz CT molecular complexity index is 670. The Morgan fingerprint density at radius 2 is 1.71 bits per heavy atom. The highest BCUT2D eigenvalue weighted by Crippen LogP contribution is 2.48. The second-order valence-electron chi connectivity index (χ2n) is 6.61. The maximum atomic E-state index is 6.14. The van der Waals surface area contributed by atoms with Gasteiger partial charge in [0.25, 0.3) is 0 Å². The van der Waals surface area contributed by atoms with Gasteiger partial charge in [-0.1, -0.05) is 29.8 Å². The molecule has 21 heavy (non-hydrogen) atoms. The monoisotopic (exact) mass is 280 g/mol. The number of aryl methyl sites for hydroxylation is 1. The predicted molar refractivity (Wildman–Crippen MR) is 84.9 cm³/mol. The highest BCUT2D eigenvalue weighted by molar-refractivity contribution is 6.11. The van der Waals surface area contributed by atoms with E-state index < -0.39 is 0 Å². The Kier molecular flexibility index (Phi) is 2.90. The number of benzene rings is 1. The fourth-order valence-corrected chi connectivity index (χ4v) is 3.59. The van der Waals surface area contributed by atoms with Gasteiger partial charge in [-0.05, 0) is 43.4 Å². The van der Waals surface area contributed by atoms with Crippen molar-refractivity contribution in [3.63, 3.8) is 0 Å². The molecule has 1 saturated carbocycles. The molecule has 0 radical (unpaired) electrons. The summed E-state index contributed by atoms with van der Waals surface area (Å²) in [6.45, 7) is 2.14. The molecule has 1 aromatic carbocycles. The Hall–Kier alpha value is -1.67. The van der Waals surface area contributed by atoms with Crippen LogP contribution in [0.25, 0.3) is 0 Å². The van der Waals surface area contributed by atoms with E-state index in [1.165, 1.54) is 35.3 Å². The smallest absolute Gasteiger partial charge is 0.213 e. The predicted octanol–water partition coefficient (Wildman–Crippen LogP) is 3.10. The standard InChI is InChI=1S/C19H22NO/c1-12-4-6-14(7-5-12)19(20(2)3)18-16-11-10-15(21-16)17(18)13-8-9-13/h4-7,10-11,13,15-16H,8-9H2,1-3H3/q+1/t15-,16+/m1/s1. The summed E-state index contributed by atoms with van der Waals surface area (Å²) in [5.41, 5.74) is 6.90. The van der Waals surface area contributed by atoms with E-state index in [4.69, 9.17) is 4.74 Å². The number of ether oxygens (including phenoxy) is 1. The summed E-state index contributed by atoms with van der Waals surface area (Å²) < 4.78 is 8.39. The van der Waals surface area contributed by atoms with Crippen LogP contribution in [-0.2, 0) is 4.74 Å². The average Bonchev–Trinajstić information content (AvgIpc) is 3.09. The maximum Gasteiger partial charge on any atom is 0.213 e. The molecule has 1 aliphatic carbocycles. The normalized spacial score (nSPS) is 26.6. The Morgan fingerprint density at radius 1 is 1.05 bits per heavy atom. The van der Waals surface area contributed by atoms with Gasteiger partial charge in [0.05, 0.1) is 11.7 Å². The summed E-state index contributed by atoms with van der Waals surface area (Å²) in [6, 6.07) is 8.86. The minimum Gasteiger partial charge on any atom is -0.357 e. The van der Waals surface area contributed by atoms with Crippen LogP contribution in [0.2, 0.25) is 0 Å². The zero-order valence-corrected chi connectivity index (χ0v) is 13.0. The molecule has 1 aromatic rings. The molecule has 2 aliphatic heterocycles. The van der Waals surface area contributed by atoms with E-state index in [0.717, 1.165) is 5.92 Å². The van der Waals surface area contributed by atoms with E-state index in [2.05, 4.69) is 62.0 Å². The molecule has 108 valence electrons. The number of rotatable bonds is 3. The first kappa shape index (κ1) is 13.0. The molecule has 4 rings (SSSR count). The molecular weight excluding hydrogens is 258 g/mol. The highest BCUT2D eigenvalue weighted by Gasteiger charge is 2.46. The Labute approximate surface area is 126 Å². The molecule has 3 aliphatic rings. The van der Waals surface area contributed by atoms with Crippen LogP contribution in [0.5, 0.6) is 0 Å². The second kappa shape index (κ2) is 4.67. The lowest BCUT2D eigenvalue weighted by atomic mass is 9.87. The van der Waals surface area contributed by atoms with Gasteiger partial charge >= 0.3 is 0 Å². The first-order chi connectivity index (χ1) is 10.1. The molecule has 2 heterocycles. The topological polar surface area (TPSA) is 12.2 Å². The first-order valence-corrected chi connectivity index (χ1v) is 7.84. The fourth-order valence-electron chi connectivity index (χ4n) is 3.59. The van der Waals surface area contributed by atoms with Crippen molar-refractivity contribution < 1.29 is 9.31 Å². The van der Waals surface area contributed by atoms with E-state index in [-0.39, 0.29) is 12.2 Å². The molecule has 2 bridgehead atoms. The molecule has 2 heteroatoms. The summed E-state index contributed by atoms with van der Waals surface area (Å²) in [6.07, 6.45) is 7.51. The zero-order valence-electron chi connectivity index (χ0n) is 13.0.